The van der Waals surface area contributed by atoms with E-state index in [2.05, 4.69) is 5.32 Å². The van der Waals surface area contributed by atoms with Crippen LogP contribution in [-0.4, -0.2) is 50.0 Å². The number of nitrogens with zero attached hydrogens (tertiary/aromatic N) is 2. The number of benzene rings is 2. The van der Waals surface area contributed by atoms with E-state index >= 15 is 0 Å². The average molecular weight is 583 g/mol. The third kappa shape index (κ3) is 8.61. The van der Waals surface area contributed by atoms with Crippen LogP contribution in [0, 0.1) is 0 Å². The molecule has 7 nitrogen and oxygen atoms in total. The van der Waals surface area contributed by atoms with Gasteiger partial charge in [0, 0.05) is 25.6 Å². The molecule has 0 radical (unpaired) electrons. The van der Waals surface area contributed by atoms with Crippen LogP contribution in [0.25, 0.3) is 0 Å². The molecule has 0 saturated heterocycles. The molecule has 1 N–H and O–H groups in total. The van der Waals surface area contributed by atoms with Gasteiger partial charge in [0.05, 0.1) is 22.0 Å². The van der Waals surface area contributed by atoms with Crippen molar-refractivity contribution in [1.29, 1.82) is 0 Å². The molecule has 0 unspecified atom stereocenters. The highest BCUT2D eigenvalue weighted by molar-refractivity contribution is 7.92. The Balaban J connectivity index is 1.76. The molecule has 1 aliphatic rings. The van der Waals surface area contributed by atoms with Crippen molar-refractivity contribution < 1.29 is 18.0 Å². The van der Waals surface area contributed by atoms with Gasteiger partial charge in [0.1, 0.15) is 6.04 Å². The Labute approximate surface area is 236 Å². The third-order valence-corrected chi connectivity index (χ3v) is 8.80. The van der Waals surface area contributed by atoms with Gasteiger partial charge in [0.15, 0.2) is 0 Å². The van der Waals surface area contributed by atoms with E-state index in [1.807, 2.05) is 13.0 Å². The maximum absolute atomic E-state index is 13.6. The Kier molecular flexibility index (Phi) is 11.3. The first-order valence-electron chi connectivity index (χ1n) is 13.2. The summed E-state index contributed by atoms with van der Waals surface area (Å²) in [6.45, 7) is 2.24. The van der Waals surface area contributed by atoms with E-state index in [0.29, 0.717) is 28.6 Å². The molecule has 2 aromatic rings. The topological polar surface area (TPSA) is 86.8 Å². The van der Waals surface area contributed by atoms with Gasteiger partial charge in [-0.25, -0.2) is 8.42 Å². The molecule has 3 rings (SSSR count). The second kappa shape index (κ2) is 14.2. The SMILES string of the molecule is CC[C@@H](C(=O)NC1CCCCC1)N(Cc1ccc(Cl)c(Cl)c1)C(=O)CCCN(c1ccccc1)S(C)(=O)=O. The smallest absolute Gasteiger partial charge is 0.243 e. The Hall–Kier alpha value is -2.29. The van der Waals surface area contributed by atoms with Crippen LogP contribution in [0.1, 0.15) is 63.9 Å². The van der Waals surface area contributed by atoms with E-state index in [9.17, 15) is 18.0 Å². The Morgan fingerprint density at radius 1 is 1.03 bits per heavy atom. The van der Waals surface area contributed by atoms with Crippen LogP contribution in [0.15, 0.2) is 48.5 Å². The second-order valence-corrected chi connectivity index (χ2v) is 12.5. The van der Waals surface area contributed by atoms with Crippen molar-refractivity contribution >= 4 is 50.7 Å². The molecule has 1 fully saturated rings. The molecule has 2 aromatic carbocycles. The quantitative estimate of drug-likeness (QED) is 0.343. The van der Waals surface area contributed by atoms with Gasteiger partial charge < -0.3 is 10.2 Å². The number of para-hydroxylation sites is 1. The summed E-state index contributed by atoms with van der Waals surface area (Å²) in [5.74, 6) is -0.377. The predicted octanol–water partition coefficient (Wildman–Crippen LogP) is 5.80. The summed E-state index contributed by atoms with van der Waals surface area (Å²) in [4.78, 5) is 28.5. The summed E-state index contributed by atoms with van der Waals surface area (Å²) in [6, 6.07) is 13.5. The fourth-order valence-corrected chi connectivity index (χ4v) is 6.18. The predicted molar refractivity (Wildman–Crippen MR) is 154 cm³/mol. The lowest BCUT2D eigenvalue weighted by Gasteiger charge is -2.33. The molecular weight excluding hydrogens is 545 g/mol. The first kappa shape index (κ1) is 30.3. The zero-order valence-corrected chi connectivity index (χ0v) is 24.4. The van der Waals surface area contributed by atoms with Gasteiger partial charge in [-0.15, -0.1) is 0 Å². The van der Waals surface area contributed by atoms with Crippen LogP contribution in [0.2, 0.25) is 10.0 Å². The number of carbonyl (C=O) groups is 2. The molecule has 1 aliphatic carbocycles. The van der Waals surface area contributed by atoms with Crippen molar-refractivity contribution in [2.45, 2.75) is 76.9 Å². The third-order valence-electron chi connectivity index (χ3n) is 6.87. The number of rotatable bonds is 12. The molecule has 0 heterocycles. The van der Waals surface area contributed by atoms with Gasteiger partial charge in [-0.05, 0) is 55.5 Å². The normalized spacial score (nSPS) is 15.1. The maximum atomic E-state index is 13.6. The molecule has 38 heavy (non-hydrogen) atoms. The van der Waals surface area contributed by atoms with Gasteiger partial charge >= 0.3 is 0 Å². The van der Waals surface area contributed by atoms with Crippen LogP contribution >= 0.6 is 23.2 Å². The Morgan fingerprint density at radius 2 is 1.71 bits per heavy atom. The van der Waals surface area contributed by atoms with Crippen molar-refractivity contribution in [3.63, 3.8) is 0 Å². The molecule has 0 spiro atoms. The minimum Gasteiger partial charge on any atom is -0.352 e. The lowest BCUT2D eigenvalue weighted by atomic mass is 9.95. The number of anilines is 1. The number of halogens is 2. The molecule has 0 aromatic heterocycles. The highest BCUT2D eigenvalue weighted by atomic mass is 35.5. The lowest BCUT2D eigenvalue weighted by molar-refractivity contribution is -0.141. The number of nitrogens with one attached hydrogen (secondary N) is 1. The van der Waals surface area contributed by atoms with E-state index in [4.69, 9.17) is 23.2 Å². The Bertz CT molecular complexity index is 1190. The molecule has 208 valence electrons. The molecule has 0 bridgehead atoms. The van der Waals surface area contributed by atoms with Crippen LogP contribution in [0.4, 0.5) is 5.69 Å². The average Bonchev–Trinajstić information content (AvgIpc) is 2.88. The van der Waals surface area contributed by atoms with E-state index in [1.54, 1.807) is 47.4 Å². The van der Waals surface area contributed by atoms with Gasteiger partial charge in [0.2, 0.25) is 21.8 Å². The molecule has 2 amide bonds. The van der Waals surface area contributed by atoms with Crippen molar-refractivity contribution in [3.05, 3.63) is 64.1 Å². The van der Waals surface area contributed by atoms with E-state index < -0.39 is 16.1 Å². The van der Waals surface area contributed by atoms with Crippen molar-refractivity contribution in [2.24, 2.45) is 0 Å². The number of hydrogen-bond acceptors (Lipinski definition) is 4. The summed E-state index contributed by atoms with van der Waals surface area (Å²) in [5, 5.41) is 3.95. The summed E-state index contributed by atoms with van der Waals surface area (Å²) in [5.41, 5.74) is 1.31. The number of sulfonamides is 1. The standard InChI is InChI=1S/C28H37Cl2N3O4S/c1-3-26(28(35)31-22-11-6-4-7-12-22)32(20-21-16-17-24(29)25(30)19-21)27(34)15-10-18-33(38(2,36)37)23-13-8-5-9-14-23/h5,8-9,13-14,16-17,19,22,26H,3-4,6-7,10-12,15,18,20H2,1-2H3,(H,31,35)/t26-/m0/s1. The number of carbonyl (C=O) groups excluding carboxylic acids is 2. The maximum Gasteiger partial charge on any atom is 0.243 e. The second-order valence-electron chi connectivity index (χ2n) is 9.81. The minimum atomic E-state index is -3.53. The van der Waals surface area contributed by atoms with Crippen molar-refractivity contribution in [1.82, 2.24) is 10.2 Å². The summed E-state index contributed by atoms with van der Waals surface area (Å²) >= 11 is 12.3. The van der Waals surface area contributed by atoms with Gasteiger partial charge in [-0.2, -0.15) is 0 Å². The summed E-state index contributed by atoms with van der Waals surface area (Å²) in [7, 11) is -3.53. The largest absolute Gasteiger partial charge is 0.352 e. The number of amides is 2. The lowest BCUT2D eigenvalue weighted by Crippen LogP contribution is -2.51. The van der Waals surface area contributed by atoms with Crippen molar-refractivity contribution in [2.75, 3.05) is 17.1 Å². The first-order valence-corrected chi connectivity index (χ1v) is 15.8. The molecule has 1 atom stereocenters. The summed E-state index contributed by atoms with van der Waals surface area (Å²) < 4.78 is 26.2. The monoisotopic (exact) mass is 581 g/mol. The first-order chi connectivity index (χ1) is 18.1. The van der Waals surface area contributed by atoms with E-state index in [0.717, 1.165) is 37.5 Å². The van der Waals surface area contributed by atoms with E-state index in [1.165, 1.54) is 10.7 Å². The highest BCUT2D eigenvalue weighted by Crippen LogP contribution is 2.25. The summed E-state index contributed by atoms with van der Waals surface area (Å²) in [6.07, 6.45) is 7.25. The minimum absolute atomic E-state index is 0.0907. The van der Waals surface area contributed by atoms with Gasteiger partial charge in [-0.3, -0.25) is 13.9 Å². The fraction of sp³-hybridized carbons (Fsp3) is 0.500. The molecule has 1 saturated carbocycles. The molecular formula is C28H37Cl2N3O4S. The van der Waals surface area contributed by atoms with Crippen molar-refractivity contribution in [3.8, 4) is 0 Å². The van der Waals surface area contributed by atoms with Crippen LogP contribution < -0.4 is 9.62 Å². The van der Waals surface area contributed by atoms with Gasteiger partial charge in [0.25, 0.3) is 0 Å². The fourth-order valence-electron chi connectivity index (χ4n) is 4.90. The highest BCUT2D eigenvalue weighted by Gasteiger charge is 2.30. The van der Waals surface area contributed by atoms with Gasteiger partial charge in [-0.1, -0.05) is 73.7 Å². The van der Waals surface area contributed by atoms with Crippen LogP contribution in [0.5, 0.6) is 0 Å². The van der Waals surface area contributed by atoms with Crippen LogP contribution in [0.3, 0.4) is 0 Å². The number of hydrogen-bond donors (Lipinski definition) is 1. The van der Waals surface area contributed by atoms with Crippen LogP contribution in [-0.2, 0) is 26.2 Å². The van der Waals surface area contributed by atoms with E-state index in [-0.39, 0.29) is 37.4 Å². The molecule has 0 aliphatic heterocycles. The zero-order chi connectivity index (χ0) is 27.7. The Morgan fingerprint density at radius 3 is 2.32 bits per heavy atom. The zero-order valence-electron chi connectivity index (χ0n) is 22.0. The molecule has 10 heteroatoms.